The number of benzene rings is 2. The smallest absolute Gasteiger partial charge is 0.321 e. The Morgan fingerprint density at radius 3 is 2.56 bits per heavy atom. The Bertz CT molecular complexity index is 1080. The summed E-state index contributed by atoms with van der Waals surface area (Å²) in [6, 6.07) is 12.3. The van der Waals surface area contributed by atoms with E-state index in [2.05, 4.69) is 26.2 Å². The molecule has 1 fully saturated rings. The first-order chi connectivity index (χ1) is 15.5. The van der Waals surface area contributed by atoms with Gasteiger partial charge in [-0.15, -0.1) is 5.10 Å². The van der Waals surface area contributed by atoms with E-state index < -0.39 is 0 Å². The van der Waals surface area contributed by atoms with Crippen LogP contribution in [0.15, 0.2) is 48.8 Å². The average Bonchev–Trinajstić information content (AvgIpc) is 3.34. The fourth-order valence-electron chi connectivity index (χ4n) is 3.55. The normalized spacial score (nSPS) is 14.1. The molecular weight excluding hydrogens is 434 g/mol. The molecule has 1 aromatic heterocycles. The van der Waals surface area contributed by atoms with Crippen molar-refractivity contribution in [2.24, 2.45) is 0 Å². The van der Waals surface area contributed by atoms with Crippen molar-refractivity contribution in [1.82, 2.24) is 30.4 Å². The summed E-state index contributed by atoms with van der Waals surface area (Å²) in [6.07, 6.45) is 2.70. The summed E-state index contributed by atoms with van der Waals surface area (Å²) in [5.74, 6) is 0.0660. The molecule has 0 unspecified atom stereocenters. The second kappa shape index (κ2) is 9.65. The highest BCUT2D eigenvalue weighted by molar-refractivity contribution is 6.33. The second-order valence-electron chi connectivity index (χ2n) is 7.29. The Balaban J connectivity index is 1.37. The van der Waals surface area contributed by atoms with Gasteiger partial charge in [0.2, 0.25) is 0 Å². The number of rotatable bonds is 5. The van der Waals surface area contributed by atoms with Gasteiger partial charge in [0.1, 0.15) is 12.1 Å². The van der Waals surface area contributed by atoms with Crippen LogP contribution in [-0.2, 0) is 0 Å². The molecule has 0 atom stereocenters. The number of nitrogens with zero attached hydrogens (tertiary/aromatic N) is 5. The van der Waals surface area contributed by atoms with Crippen LogP contribution in [0.1, 0.15) is 23.2 Å². The van der Waals surface area contributed by atoms with Crippen molar-refractivity contribution in [1.29, 1.82) is 0 Å². The summed E-state index contributed by atoms with van der Waals surface area (Å²) in [5.41, 5.74) is 1.57. The quantitative estimate of drug-likeness (QED) is 0.611. The molecule has 1 aliphatic rings. The number of piperidine rings is 1. The summed E-state index contributed by atoms with van der Waals surface area (Å²) in [5, 5.41) is 17.2. The molecule has 0 spiro atoms. The maximum Gasteiger partial charge on any atom is 0.321 e. The molecule has 166 valence electrons. The third-order valence-corrected chi connectivity index (χ3v) is 5.55. The summed E-state index contributed by atoms with van der Waals surface area (Å²) < 4.78 is 6.78. The maximum atomic E-state index is 12.9. The van der Waals surface area contributed by atoms with Gasteiger partial charge in [-0.1, -0.05) is 29.8 Å². The summed E-state index contributed by atoms with van der Waals surface area (Å²) in [6.45, 7) is 1.08. The average molecular weight is 456 g/mol. The molecule has 3 aromatic rings. The molecule has 10 nitrogen and oxygen atoms in total. The van der Waals surface area contributed by atoms with Crippen molar-refractivity contribution in [3.63, 3.8) is 0 Å². The topological polar surface area (TPSA) is 114 Å². The number of urea groups is 1. The van der Waals surface area contributed by atoms with Crippen LogP contribution in [0.2, 0.25) is 5.02 Å². The van der Waals surface area contributed by atoms with Crippen LogP contribution in [0.3, 0.4) is 0 Å². The second-order valence-corrected chi connectivity index (χ2v) is 7.70. The SMILES string of the molecule is COc1cc(-n2cnnn2)c(Cl)cc1C(=O)NC1CCN(C(=O)Nc2ccccc2)CC1. The standard InChI is InChI=1S/C21H22ClN7O3/c1-32-19-12-18(29-13-23-26-27-29)17(22)11-16(19)20(30)24-15-7-9-28(10-8-15)21(31)25-14-5-3-2-4-6-14/h2-6,11-13,15H,7-10H2,1H3,(H,24,30)(H,25,31). The highest BCUT2D eigenvalue weighted by Gasteiger charge is 2.26. The zero-order valence-electron chi connectivity index (χ0n) is 17.4. The summed E-state index contributed by atoms with van der Waals surface area (Å²) in [7, 11) is 1.48. The molecule has 2 aromatic carbocycles. The van der Waals surface area contributed by atoms with Crippen molar-refractivity contribution in [2.75, 3.05) is 25.5 Å². The molecule has 11 heteroatoms. The van der Waals surface area contributed by atoms with E-state index in [0.717, 1.165) is 5.69 Å². The molecule has 0 radical (unpaired) electrons. The van der Waals surface area contributed by atoms with E-state index in [0.29, 0.717) is 48.0 Å². The molecule has 1 saturated heterocycles. The van der Waals surface area contributed by atoms with Crippen molar-refractivity contribution >= 4 is 29.2 Å². The van der Waals surface area contributed by atoms with E-state index in [1.807, 2.05) is 30.3 Å². The number of amides is 3. The zero-order chi connectivity index (χ0) is 22.5. The zero-order valence-corrected chi connectivity index (χ0v) is 18.1. The van der Waals surface area contributed by atoms with Crippen molar-refractivity contribution in [2.45, 2.75) is 18.9 Å². The van der Waals surface area contributed by atoms with E-state index >= 15 is 0 Å². The lowest BCUT2D eigenvalue weighted by Gasteiger charge is -2.32. The number of hydrogen-bond donors (Lipinski definition) is 2. The molecule has 2 N–H and O–H groups in total. The van der Waals surface area contributed by atoms with Crippen molar-refractivity contribution < 1.29 is 14.3 Å². The van der Waals surface area contributed by atoms with Gasteiger partial charge in [0.15, 0.2) is 0 Å². The Labute approximate surface area is 189 Å². The Kier molecular flexibility index (Phi) is 6.50. The van der Waals surface area contributed by atoms with Crippen LogP contribution in [0.25, 0.3) is 5.69 Å². The van der Waals surface area contributed by atoms with Crippen LogP contribution in [0, 0.1) is 0 Å². The number of para-hydroxylation sites is 1. The number of ether oxygens (including phenoxy) is 1. The number of methoxy groups -OCH3 is 1. The van der Waals surface area contributed by atoms with E-state index in [9.17, 15) is 9.59 Å². The highest BCUT2D eigenvalue weighted by Crippen LogP contribution is 2.29. The van der Waals surface area contributed by atoms with E-state index in [-0.39, 0.29) is 18.0 Å². The van der Waals surface area contributed by atoms with Gasteiger partial charge in [-0.2, -0.15) is 4.68 Å². The van der Waals surface area contributed by atoms with Gasteiger partial charge < -0.3 is 20.3 Å². The Morgan fingerprint density at radius 2 is 1.91 bits per heavy atom. The number of halogens is 1. The maximum absolute atomic E-state index is 12.9. The third-order valence-electron chi connectivity index (χ3n) is 5.25. The van der Waals surface area contributed by atoms with Crippen LogP contribution in [-0.4, -0.2) is 63.3 Å². The molecule has 0 saturated carbocycles. The Morgan fingerprint density at radius 1 is 1.16 bits per heavy atom. The Hall–Kier alpha value is -3.66. The van der Waals surface area contributed by atoms with E-state index in [1.54, 1.807) is 11.0 Å². The third kappa shape index (κ3) is 4.80. The van der Waals surface area contributed by atoms with Gasteiger partial charge in [0.05, 0.1) is 23.4 Å². The van der Waals surface area contributed by atoms with Gasteiger partial charge in [0, 0.05) is 30.9 Å². The lowest BCUT2D eigenvalue weighted by molar-refractivity contribution is 0.0916. The van der Waals surface area contributed by atoms with Gasteiger partial charge in [-0.3, -0.25) is 4.79 Å². The number of carbonyl (C=O) groups excluding carboxylic acids is 2. The largest absolute Gasteiger partial charge is 0.496 e. The van der Waals surface area contributed by atoms with Crippen molar-refractivity contribution in [3.8, 4) is 11.4 Å². The predicted octanol–water partition coefficient (Wildman–Crippen LogP) is 2.75. The number of likely N-dealkylation sites (tertiary alicyclic amines) is 1. The fraction of sp³-hybridized carbons (Fsp3) is 0.286. The fourth-order valence-corrected chi connectivity index (χ4v) is 3.80. The molecule has 0 bridgehead atoms. The van der Waals surface area contributed by atoms with Crippen LogP contribution in [0.5, 0.6) is 5.75 Å². The highest BCUT2D eigenvalue weighted by atomic mass is 35.5. The molecule has 1 aliphatic heterocycles. The first-order valence-electron chi connectivity index (χ1n) is 10.1. The number of anilines is 1. The monoisotopic (exact) mass is 455 g/mol. The molecule has 4 rings (SSSR count). The summed E-state index contributed by atoms with van der Waals surface area (Å²) in [4.78, 5) is 27.1. The lowest BCUT2D eigenvalue weighted by Crippen LogP contribution is -2.47. The lowest BCUT2D eigenvalue weighted by atomic mass is 10.0. The van der Waals surface area contributed by atoms with Crippen LogP contribution >= 0.6 is 11.6 Å². The van der Waals surface area contributed by atoms with E-state index in [4.69, 9.17) is 16.3 Å². The van der Waals surface area contributed by atoms with Gasteiger partial charge in [-0.05, 0) is 41.5 Å². The minimum atomic E-state index is -0.292. The molecular formula is C21H22ClN7O3. The molecule has 0 aliphatic carbocycles. The predicted molar refractivity (Wildman–Crippen MR) is 118 cm³/mol. The van der Waals surface area contributed by atoms with E-state index in [1.165, 1.54) is 24.2 Å². The number of nitrogens with one attached hydrogen (secondary N) is 2. The molecule has 3 amide bonds. The number of tetrazole rings is 1. The first-order valence-corrected chi connectivity index (χ1v) is 10.5. The minimum absolute atomic E-state index is 0.0639. The molecule has 32 heavy (non-hydrogen) atoms. The number of aromatic nitrogens is 4. The van der Waals surface area contributed by atoms with Crippen LogP contribution in [0.4, 0.5) is 10.5 Å². The first kappa shape index (κ1) is 21.6. The van der Waals surface area contributed by atoms with Gasteiger partial charge in [-0.25, -0.2) is 4.79 Å². The minimum Gasteiger partial charge on any atom is -0.496 e. The number of hydrogen-bond acceptors (Lipinski definition) is 6. The number of carbonyl (C=O) groups is 2. The van der Waals surface area contributed by atoms with Gasteiger partial charge in [0.25, 0.3) is 5.91 Å². The van der Waals surface area contributed by atoms with Gasteiger partial charge >= 0.3 is 6.03 Å². The molecule has 2 heterocycles. The van der Waals surface area contributed by atoms with Crippen LogP contribution < -0.4 is 15.4 Å². The summed E-state index contributed by atoms with van der Waals surface area (Å²) >= 11 is 6.35. The van der Waals surface area contributed by atoms with Crippen molar-refractivity contribution in [3.05, 3.63) is 59.4 Å².